The number of ether oxygens (including phenoxy) is 1. The molecule has 25 heavy (non-hydrogen) atoms. The van der Waals surface area contributed by atoms with Crippen molar-refractivity contribution in [2.45, 2.75) is 45.6 Å². The summed E-state index contributed by atoms with van der Waals surface area (Å²) in [5.41, 5.74) is 0.625. The van der Waals surface area contributed by atoms with Gasteiger partial charge in [-0.3, -0.25) is 14.4 Å². The molecule has 6 nitrogen and oxygen atoms in total. The first-order valence-corrected chi connectivity index (χ1v) is 8.85. The molecule has 0 aliphatic carbocycles. The maximum atomic E-state index is 12.3. The number of benzene rings is 1. The molecule has 1 aliphatic heterocycles. The summed E-state index contributed by atoms with van der Waals surface area (Å²) in [7, 11) is 0. The molecule has 1 aromatic carbocycles. The van der Waals surface area contributed by atoms with Crippen molar-refractivity contribution in [1.82, 2.24) is 10.2 Å². The molecule has 136 valence electrons. The van der Waals surface area contributed by atoms with E-state index in [2.05, 4.69) is 5.32 Å². The molecule has 1 aliphatic rings. The first-order valence-electron chi connectivity index (χ1n) is 8.85. The molecule has 0 aromatic heterocycles. The molecular weight excluding hydrogens is 320 g/mol. The zero-order valence-electron chi connectivity index (χ0n) is 14.9. The van der Waals surface area contributed by atoms with Gasteiger partial charge in [0.2, 0.25) is 5.91 Å². The van der Waals surface area contributed by atoms with E-state index in [9.17, 15) is 14.4 Å². The third-order valence-electron chi connectivity index (χ3n) is 4.28. The number of carbonyl (C=O) groups excluding carboxylic acids is 3. The standard InChI is InChI=1S/C19H26N2O4/c1-3-17(22)15-7-9-16(10-8-15)25-13-18(23)20-14(2)19(24)21-11-5-4-6-12-21/h7-10,14H,3-6,11-13H2,1-2H3,(H,20,23)/t14-/m0/s1. The van der Waals surface area contributed by atoms with E-state index >= 15 is 0 Å². The van der Waals surface area contributed by atoms with Gasteiger partial charge in [0.1, 0.15) is 11.8 Å². The third kappa shape index (κ3) is 5.59. The highest BCUT2D eigenvalue weighted by molar-refractivity contribution is 5.95. The Morgan fingerprint density at radius 1 is 1.12 bits per heavy atom. The van der Waals surface area contributed by atoms with Gasteiger partial charge in [-0.1, -0.05) is 6.92 Å². The van der Waals surface area contributed by atoms with Gasteiger partial charge in [0.15, 0.2) is 12.4 Å². The van der Waals surface area contributed by atoms with E-state index in [1.165, 1.54) is 0 Å². The fraction of sp³-hybridized carbons (Fsp3) is 0.526. The molecule has 2 rings (SSSR count). The lowest BCUT2D eigenvalue weighted by atomic mass is 10.1. The Morgan fingerprint density at radius 2 is 1.76 bits per heavy atom. The Hall–Kier alpha value is -2.37. The van der Waals surface area contributed by atoms with Crippen LogP contribution in [0.1, 0.15) is 49.9 Å². The maximum Gasteiger partial charge on any atom is 0.258 e. The van der Waals surface area contributed by atoms with Crippen LogP contribution < -0.4 is 10.1 Å². The van der Waals surface area contributed by atoms with Gasteiger partial charge < -0.3 is 15.0 Å². The zero-order chi connectivity index (χ0) is 18.2. The summed E-state index contributed by atoms with van der Waals surface area (Å²) in [5.74, 6) is 0.189. The predicted molar refractivity (Wildman–Crippen MR) is 94.6 cm³/mol. The number of rotatable bonds is 7. The van der Waals surface area contributed by atoms with Crippen molar-refractivity contribution in [3.63, 3.8) is 0 Å². The molecule has 1 N–H and O–H groups in total. The van der Waals surface area contributed by atoms with Crippen LogP contribution in [0.4, 0.5) is 0 Å². The van der Waals surface area contributed by atoms with Gasteiger partial charge in [-0.25, -0.2) is 0 Å². The summed E-state index contributed by atoms with van der Waals surface area (Å²) in [6.45, 7) is 4.86. The lowest BCUT2D eigenvalue weighted by Crippen LogP contribution is -2.49. The van der Waals surface area contributed by atoms with Crippen molar-refractivity contribution in [1.29, 1.82) is 0 Å². The molecule has 1 aromatic rings. The number of ketones is 1. The van der Waals surface area contributed by atoms with Crippen LogP contribution in [0.5, 0.6) is 5.75 Å². The molecule has 2 amide bonds. The zero-order valence-corrected chi connectivity index (χ0v) is 14.9. The maximum absolute atomic E-state index is 12.3. The predicted octanol–water partition coefficient (Wildman–Crippen LogP) is 2.18. The minimum Gasteiger partial charge on any atom is -0.484 e. The quantitative estimate of drug-likeness (QED) is 0.768. The number of Topliss-reactive ketones (excluding diaryl/α,β-unsaturated/α-hetero) is 1. The number of piperidine rings is 1. The molecular formula is C19H26N2O4. The molecule has 1 atom stereocenters. The van der Waals surface area contributed by atoms with Crippen molar-refractivity contribution < 1.29 is 19.1 Å². The number of amides is 2. The number of carbonyl (C=O) groups is 3. The van der Waals surface area contributed by atoms with Crippen LogP contribution in [0.15, 0.2) is 24.3 Å². The van der Waals surface area contributed by atoms with Crippen LogP contribution in [0, 0.1) is 0 Å². The van der Waals surface area contributed by atoms with Crippen molar-refractivity contribution in [3.05, 3.63) is 29.8 Å². The first kappa shape index (κ1) is 19.0. The van der Waals surface area contributed by atoms with Gasteiger partial charge >= 0.3 is 0 Å². The van der Waals surface area contributed by atoms with Crippen molar-refractivity contribution in [2.75, 3.05) is 19.7 Å². The number of hydrogen-bond donors (Lipinski definition) is 1. The molecule has 0 unspecified atom stereocenters. The smallest absolute Gasteiger partial charge is 0.258 e. The van der Waals surface area contributed by atoms with Gasteiger partial charge in [0.05, 0.1) is 0 Å². The highest BCUT2D eigenvalue weighted by Gasteiger charge is 2.23. The fourth-order valence-electron chi connectivity index (χ4n) is 2.82. The van der Waals surface area contributed by atoms with E-state index in [-0.39, 0.29) is 24.2 Å². The molecule has 0 saturated carbocycles. The van der Waals surface area contributed by atoms with Gasteiger partial charge in [-0.15, -0.1) is 0 Å². The monoisotopic (exact) mass is 346 g/mol. The van der Waals surface area contributed by atoms with Crippen LogP contribution in [0.3, 0.4) is 0 Å². The number of nitrogens with zero attached hydrogens (tertiary/aromatic N) is 1. The number of likely N-dealkylation sites (tertiary alicyclic amines) is 1. The van der Waals surface area contributed by atoms with Gasteiger partial charge in [-0.05, 0) is 50.5 Å². The van der Waals surface area contributed by atoms with E-state index in [1.807, 2.05) is 6.92 Å². The van der Waals surface area contributed by atoms with Gasteiger partial charge in [0.25, 0.3) is 5.91 Å². The van der Waals surface area contributed by atoms with Crippen LogP contribution in [-0.2, 0) is 9.59 Å². The van der Waals surface area contributed by atoms with E-state index in [1.54, 1.807) is 36.1 Å². The molecule has 1 saturated heterocycles. The Balaban J connectivity index is 1.77. The van der Waals surface area contributed by atoms with Crippen molar-refractivity contribution in [2.24, 2.45) is 0 Å². The van der Waals surface area contributed by atoms with Crippen LogP contribution in [0.2, 0.25) is 0 Å². The summed E-state index contributed by atoms with van der Waals surface area (Å²) < 4.78 is 5.41. The Morgan fingerprint density at radius 3 is 2.36 bits per heavy atom. The first-order chi connectivity index (χ1) is 12.0. The topological polar surface area (TPSA) is 75.7 Å². The van der Waals surface area contributed by atoms with Gasteiger partial charge in [0, 0.05) is 25.1 Å². The lowest BCUT2D eigenvalue weighted by molar-refractivity contribution is -0.137. The van der Waals surface area contributed by atoms with Crippen LogP contribution in [-0.4, -0.2) is 48.2 Å². The molecule has 1 fully saturated rings. The van der Waals surface area contributed by atoms with Crippen molar-refractivity contribution in [3.8, 4) is 5.75 Å². The molecule has 1 heterocycles. The molecule has 0 spiro atoms. The SMILES string of the molecule is CCC(=O)c1ccc(OCC(=O)N[C@@H](C)C(=O)N2CCCCC2)cc1. The number of nitrogens with one attached hydrogen (secondary N) is 1. The second-order valence-corrected chi connectivity index (χ2v) is 6.26. The Labute approximate surface area is 148 Å². The second-order valence-electron chi connectivity index (χ2n) is 6.26. The second kappa shape index (κ2) is 9.20. The number of hydrogen-bond acceptors (Lipinski definition) is 4. The molecule has 0 radical (unpaired) electrons. The fourth-order valence-corrected chi connectivity index (χ4v) is 2.82. The average Bonchev–Trinajstić information content (AvgIpc) is 2.66. The normalized spacial score (nSPS) is 15.4. The lowest BCUT2D eigenvalue weighted by Gasteiger charge is -2.29. The Kier molecular flexibility index (Phi) is 6.98. The minimum absolute atomic E-state index is 0.0459. The summed E-state index contributed by atoms with van der Waals surface area (Å²) in [5, 5.41) is 2.68. The highest BCUT2D eigenvalue weighted by atomic mass is 16.5. The van der Waals surface area contributed by atoms with Gasteiger partial charge in [-0.2, -0.15) is 0 Å². The summed E-state index contributed by atoms with van der Waals surface area (Å²) in [6, 6.07) is 6.14. The Bertz CT molecular complexity index is 606. The van der Waals surface area contributed by atoms with E-state index in [4.69, 9.17) is 4.74 Å². The van der Waals surface area contributed by atoms with E-state index < -0.39 is 6.04 Å². The van der Waals surface area contributed by atoms with E-state index in [0.717, 1.165) is 32.4 Å². The highest BCUT2D eigenvalue weighted by Crippen LogP contribution is 2.13. The van der Waals surface area contributed by atoms with Crippen molar-refractivity contribution >= 4 is 17.6 Å². The summed E-state index contributed by atoms with van der Waals surface area (Å²) in [4.78, 5) is 37.6. The third-order valence-corrected chi connectivity index (χ3v) is 4.28. The summed E-state index contributed by atoms with van der Waals surface area (Å²) in [6.07, 6.45) is 3.64. The molecule has 6 heteroatoms. The van der Waals surface area contributed by atoms with Crippen LogP contribution in [0.25, 0.3) is 0 Å². The molecule has 0 bridgehead atoms. The average molecular weight is 346 g/mol. The minimum atomic E-state index is -0.557. The van der Waals surface area contributed by atoms with E-state index in [0.29, 0.717) is 17.7 Å². The largest absolute Gasteiger partial charge is 0.484 e. The summed E-state index contributed by atoms with van der Waals surface area (Å²) >= 11 is 0. The van der Waals surface area contributed by atoms with Crippen LogP contribution >= 0.6 is 0 Å².